The molecule has 0 unspecified atom stereocenters. The van der Waals surface area contributed by atoms with Crippen molar-refractivity contribution in [2.24, 2.45) is 5.73 Å². The second-order valence-electron chi connectivity index (χ2n) is 7.06. The van der Waals surface area contributed by atoms with Crippen molar-refractivity contribution in [3.63, 3.8) is 0 Å². The molecule has 2 heterocycles. The Morgan fingerprint density at radius 3 is 2.56 bits per heavy atom. The molecule has 3 N–H and O–H groups in total. The molecule has 0 aliphatic heterocycles. The number of benzene rings is 1. The molecule has 9 nitrogen and oxygen atoms in total. The lowest BCUT2D eigenvalue weighted by molar-refractivity contribution is -0.142. The number of amides is 1. The Labute approximate surface area is 210 Å². The number of alkyl halides is 3. The van der Waals surface area contributed by atoms with Crippen LogP contribution in [-0.4, -0.2) is 26.2 Å². The molecule has 3 rings (SSSR count). The molecule has 36 heavy (non-hydrogen) atoms. The van der Waals surface area contributed by atoms with Crippen LogP contribution < -0.4 is 16.0 Å². The number of carbonyl (C=O) groups excluding carboxylic acids is 1. The lowest BCUT2D eigenvalue weighted by Crippen LogP contribution is -2.28. The third-order valence-corrected chi connectivity index (χ3v) is 4.89. The first-order chi connectivity index (χ1) is 16.9. The zero-order chi connectivity index (χ0) is 26.6. The fraction of sp³-hybridized carbons (Fsp3) is 0.0909. The smallest absolute Gasteiger partial charge is 0.437 e. The Morgan fingerprint density at radius 1 is 1.25 bits per heavy atom. The van der Waals surface area contributed by atoms with E-state index in [9.17, 15) is 22.8 Å². The molecule has 0 saturated carbocycles. The second kappa shape index (κ2) is 10.6. The van der Waals surface area contributed by atoms with Crippen LogP contribution in [0.15, 0.2) is 53.7 Å². The molecule has 1 amide bonds. The van der Waals surface area contributed by atoms with Crippen LogP contribution in [0.25, 0.3) is 5.57 Å². The minimum Gasteiger partial charge on any atom is -0.449 e. The van der Waals surface area contributed by atoms with Gasteiger partial charge in [-0.2, -0.15) is 18.4 Å². The number of allylic oxidation sites excluding steroid dienone is 1. The van der Waals surface area contributed by atoms with Crippen LogP contribution >= 0.6 is 23.2 Å². The van der Waals surface area contributed by atoms with Gasteiger partial charge in [0, 0.05) is 22.4 Å². The Kier molecular flexibility index (Phi) is 7.77. The monoisotopic (exact) mass is 536 g/mol. The molecule has 3 aromatic rings. The topological polar surface area (TPSA) is 148 Å². The summed E-state index contributed by atoms with van der Waals surface area (Å²) in [6.45, 7) is -0.586. The van der Waals surface area contributed by atoms with Crippen molar-refractivity contribution < 1.29 is 22.7 Å². The number of halogens is 5. The summed E-state index contributed by atoms with van der Waals surface area (Å²) < 4.78 is 46.5. The molecule has 0 radical (unpaired) electrons. The predicted octanol–water partition coefficient (Wildman–Crippen LogP) is 4.22. The predicted molar refractivity (Wildman–Crippen MR) is 124 cm³/mol. The molecule has 2 aromatic heterocycles. The fourth-order valence-electron chi connectivity index (χ4n) is 2.92. The number of primary amides is 1. The van der Waals surface area contributed by atoms with Gasteiger partial charge in [0.25, 0.3) is 5.56 Å². The van der Waals surface area contributed by atoms with E-state index < -0.39 is 35.6 Å². The van der Waals surface area contributed by atoms with Gasteiger partial charge in [-0.3, -0.25) is 14.2 Å². The maximum Gasteiger partial charge on any atom is 0.437 e. The van der Waals surface area contributed by atoms with Crippen molar-refractivity contribution in [2.75, 3.05) is 0 Å². The highest BCUT2D eigenvalue weighted by atomic mass is 35.5. The average molecular weight is 537 g/mol. The average Bonchev–Trinajstić information content (AvgIpc) is 2.79. The SMILES string of the molecule is N#Cc1cc(Cl)cc(Oc2c(C(F)(F)F)ncn(CC(=N)/C=C(\C(N)=O)c3ccc(Cl)nc3)c2=O)c1. The van der Waals surface area contributed by atoms with Gasteiger partial charge in [0.05, 0.1) is 30.2 Å². The summed E-state index contributed by atoms with van der Waals surface area (Å²) in [7, 11) is 0. The van der Waals surface area contributed by atoms with E-state index in [1.807, 2.05) is 0 Å². The Morgan fingerprint density at radius 2 is 1.97 bits per heavy atom. The van der Waals surface area contributed by atoms with Crippen molar-refractivity contribution >= 4 is 40.4 Å². The number of nitrogens with zero attached hydrogens (tertiary/aromatic N) is 4. The number of nitriles is 1. The number of hydrogen-bond donors (Lipinski definition) is 2. The molecular formula is C22H13Cl2F3N6O3. The Balaban J connectivity index is 2.02. The van der Waals surface area contributed by atoms with Crippen LogP contribution in [0, 0.1) is 16.7 Å². The second-order valence-corrected chi connectivity index (χ2v) is 7.88. The van der Waals surface area contributed by atoms with E-state index >= 15 is 0 Å². The van der Waals surface area contributed by atoms with Gasteiger partial charge in [-0.05, 0) is 36.4 Å². The van der Waals surface area contributed by atoms with Crippen molar-refractivity contribution in [1.82, 2.24) is 14.5 Å². The summed E-state index contributed by atoms with van der Waals surface area (Å²) in [6, 6.07) is 8.04. The largest absolute Gasteiger partial charge is 0.449 e. The molecule has 0 aliphatic rings. The lowest BCUT2D eigenvalue weighted by atomic mass is 10.1. The summed E-state index contributed by atoms with van der Waals surface area (Å²) in [4.78, 5) is 31.9. The quantitative estimate of drug-likeness (QED) is 0.262. The van der Waals surface area contributed by atoms with Crippen LogP contribution in [0.1, 0.15) is 16.8 Å². The third-order valence-electron chi connectivity index (χ3n) is 4.45. The van der Waals surface area contributed by atoms with E-state index in [0.717, 1.165) is 18.2 Å². The number of nitrogens with two attached hydrogens (primary N) is 1. The number of aromatic nitrogens is 3. The summed E-state index contributed by atoms with van der Waals surface area (Å²) in [5, 5.41) is 17.3. The standard InChI is InChI=1S/C22H13Cl2F3N6O3/c23-13-3-11(7-28)4-15(5-13)36-18-19(22(25,26)27)32-10-33(21(18)35)9-14(29)6-16(20(30)34)12-1-2-17(24)31-8-12/h1-6,8,10,29H,9H2,(H2,30,34)/b16-6-,29-14?. The van der Waals surface area contributed by atoms with Gasteiger partial charge >= 0.3 is 6.18 Å². The van der Waals surface area contributed by atoms with Gasteiger partial charge in [-0.25, -0.2) is 9.97 Å². The number of pyridine rings is 1. The van der Waals surface area contributed by atoms with E-state index in [1.165, 1.54) is 24.4 Å². The maximum absolute atomic E-state index is 13.5. The van der Waals surface area contributed by atoms with Gasteiger partial charge in [-0.1, -0.05) is 23.2 Å². The third kappa shape index (κ3) is 6.26. The van der Waals surface area contributed by atoms with Gasteiger partial charge < -0.3 is 15.9 Å². The molecule has 0 atom stereocenters. The first kappa shape index (κ1) is 26.4. The molecule has 0 spiro atoms. The Hall–Kier alpha value is -4.21. The highest BCUT2D eigenvalue weighted by Crippen LogP contribution is 2.35. The molecule has 1 aromatic carbocycles. The highest BCUT2D eigenvalue weighted by molar-refractivity contribution is 6.31. The maximum atomic E-state index is 13.5. The number of ether oxygens (including phenoxy) is 1. The number of hydrogen-bond acceptors (Lipinski definition) is 7. The van der Waals surface area contributed by atoms with Gasteiger partial charge in [0.2, 0.25) is 11.7 Å². The first-order valence-corrected chi connectivity index (χ1v) is 10.4. The molecule has 0 aliphatic carbocycles. The fourth-order valence-corrected chi connectivity index (χ4v) is 3.25. The molecule has 184 valence electrons. The normalized spacial score (nSPS) is 11.6. The summed E-state index contributed by atoms with van der Waals surface area (Å²) in [5.74, 6) is -2.41. The van der Waals surface area contributed by atoms with Crippen LogP contribution in [0.5, 0.6) is 11.5 Å². The van der Waals surface area contributed by atoms with Crippen LogP contribution in [0.2, 0.25) is 10.2 Å². The zero-order valence-corrected chi connectivity index (χ0v) is 19.3. The molecule has 0 saturated heterocycles. The number of rotatable bonds is 7. The summed E-state index contributed by atoms with van der Waals surface area (Å²) >= 11 is 11.6. The molecule has 14 heteroatoms. The first-order valence-electron chi connectivity index (χ1n) is 9.65. The van der Waals surface area contributed by atoms with Crippen LogP contribution in [0.3, 0.4) is 0 Å². The zero-order valence-electron chi connectivity index (χ0n) is 17.8. The van der Waals surface area contributed by atoms with E-state index in [-0.39, 0.29) is 38.3 Å². The minimum atomic E-state index is -5.06. The van der Waals surface area contributed by atoms with Crippen molar-refractivity contribution in [3.05, 3.63) is 86.3 Å². The van der Waals surface area contributed by atoms with E-state index in [0.29, 0.717) is 10.9 Å². The van der Waals surface area contributed by atoms with Crippen molar-refractivity contribution in [1.29, 1.82) is 10.7 Å². The van der Waals surface area contributed by atoms with Gasteiger partial charge in [-0.15, -0.1) is 0 Å². The number of nitrogens with one attached hydrogen (secondary N) is 1. The van der Waals surface area contributed by atoms with E-state index in [2.05, 4.69) is 9.97 Å². The van der Waals surface area contributed by atoms with E-state index in [1.54, 1.807) is 6.07 Å². The van der Waals surface area contributed by atoms with Crippen LogP contribution in [0.4, 0.5) is 13.2 Å². The molecular weight excluding hydrogens is 524 g/mol. The highest BCUT2D eigenvalue weighted by Gasteiger charge is 2.38. The lowest BCUT2D eigenvalue weighted by Gasteiger charge is -2.15. The number of carbonyl (C=O) groups is 1. The van der Waals surface area contributed by atoms with E-state index in [4.69, 9.17) is 44.3 Å². The van der Waals surface area contributed by atoms with Gasteiger partial charge in [0.1, 0.15) is 10.9 Å². The molecule has 0 fully saturated rings. The van der Waals surface area contributed by atoms with Gasteiger partial charge in [0.15, 0.2) is 5.69 Å². The minimum absolute atomic E-state index is 0.00981. The van der Waals surface area contributed by atoms with Crippen LogP contribution in [-0.2, 0) is 17.5 Å². The molecule has 0 bridgehead atoms. The summed E-state index contributed by atoms with van der Waals surface area (Å²) in [5.41, 5.74) is 2.18. The summed E-state index contributed by atoms with van der Waals surface area (Å²) in [6.07, 6.45) is -2.19. The van der Waals surface area contributed by atoms with Crippen molar-refractivity contribution in [2.45, 2.75) is 12.7 Å². The van der Waals surface area contributed by atoms with Crippen molar-refractivity contribution in [3.8, 4) is 17.6 Å². The Bertz CT molecular complexity index is 1480.